The van der Waals surface area contributed by atoms with Gasteiger partial charge < -0.3 is 30.5 Å². The molecule has 0 unspecified atom stereocenters. The van der Waals surface area contributed by atoms with Gasteiger partial charge in [-0.2, -0.15) is 0 Å². The third-order valence-electron chi connectivity index (χ3n) is 7.21. The summed E-state index contributed by atoms with van der Waals surface area (Å²) in [7, 11) is 6.94. The van der Waals surface area contributed by atoms with Gasteiger partial charge in [0.05, 0.1) is 18.3 Å². The molecule has 0 saturated heterocycles. The number of benzene rings is 1. The van der Waals surface area contributed by atoms with Crippen LogP contribution in [-0.2, 0) is 38.7 Å². The largest absolute Gasteiger partial charge is 0.380 e. The van der Waals surface area contributed by atoms with E-state index in [-0.39, 0.29) is 24.3 Å². The van der Waals surface area contributed by atoms with E-state index in [1.807, 2.05) is 7.05 Å². The van der Waals surface area contributed by atoms with Gasteiger partial charge >= 0.3 is 11.8 Å². The Morgan fingerprint density at radius 2 is 1.93 bits per heavy atom. The van der Waals surface area contributed by atoms with Crippen molar-refractivity contribution in [2.75, 3.05) is 40.1 Å². The molecule has 13 heteroatoms. The molecule has 1 aliphatic carbocycles. The number of thiazole rings is 1. The number of halogens is 1. The molecule has 1 aliphatic heterocycles. The summed E-state index contributed by atoms with van der Waals surface area (Å²) in [4.78, 5) is 61.1. The predicted molar refractivity (Wildman–Crippen MR) is 152 cm³/mol. The first-order valence-corrected chi connectivity index (χ1v) is 14.3. The minimum absolute atomic E-state index is 0.0390. The summed E-state index contributed by atoms with van der Waals surface area (Å²) < 4.78 is 5.16. The second-order valence-electron chi connectivity index (χ2n) is 10.5. The maximum atomic E-state index is 13.3. The monoisotopic (exact) mass is 590 g/mol. The van der Waals surface area contributed by atoms with E-state index in [0.29, 0.717) is 40.5 Å². The Hall–Kier alpha value is -3.06. The van der Waals surface area contributed by atoms with Crippen LogP contribution in [0.2, 0.25) is 5.02 Å². The average Bonchev–Trinajstić information content (AvgIpc) is 3.34. The Kier molecular flexibility index (Phi) is 9.77. The summed E-state index contributed by atoms with van der Waals surface area (Å²) in [6.07, 6.45) is 2.05. The summed E-state index contributed by atoms with van der Waals surface area (Å²) in [6, 6.07) is 3.76. The van der Waals surface area contributed by atoms with E-state index in [4.69, 9.17) is 16.3 Å². The molecule has 2 heterocycles. The smallest absolute Gasteiger partial charge is 0.313 e. The lowest BCUT2D eigenvalue weighted by Gasteiger charge is -2.37. The van der Waals surface area contributed by atoms with Gasteiger partial charge in [-0.3, -0.25) is 19.2 Å². The summed E-state index contributed by atoms with van der Waals surface area (Å²) in [5.41, 5.74) is 1.98. The Bertz CT molecular complexity index is 1280. The van der Waals surface area contributed by atoms with Gasteiger partial charge in [-0.15, -0.1) is 11.3 Å². The lowest BCUT2D eigenvalue weighted by molar-refractivity contribution is -0.137. The van der Waals surface area contributed by atoms with E-state index in [1.54, 1.807) is 32.3 Å². The number of hydrogen-bond acceptors (Lipinski definition) is 8. The average molecular weight is 591 g/mol. The Morgan fingerprint density at radius 1 is 1.15 bits per heavy atom. The van der Waals surface area contributed by atoms with Crippen LogP contribution in [0.1, 0.15) is 45.2 Å². The zero-order valence-electron chi connectivity index (χ0n) is 23.1. The highest BCUT2D eigenvalue weighted by Crippen LogP contribution is 2.28. The number of fused-ring (bicyclic) bond motifs is 1. The van der Waals surface area contributed by atoms with Crippen molar-refractivity contribution in [2.45, 2.75) is 50.9 Å². The molecule has 1 aromatic carbocycles. The first-order chi connectivity index (χ1) is 19.0. The number of carbonyl (C=O) groups excluding carboxylic acids is 4. The molecule has 2 aromatic rings. The van der Waals surface area contributed by atoms with Gasteiger partial charge in [0, 0.05) is 73.8 Å². The van der Waals surface area contributed by atoms with Crippen LogP contribution in [0.5, 0.6) is 0 Å². The minimum atomic E-state index is -0.854. The molecular weight excluding hydrogens is 556 g/mol. The molecule has 0 radical (unpaired) electrons. The van der Waals surface area contributed by atoms with E-state index in [0.717, 1.165) is 30.1 Å². The highest BCUT2D eigenvalue weighted by molar-refractivity contribution is 7.13. The van der Waals surface area contributed by atoms with Crippen LogP contribution in [0.4, 0.5) is 5.69 Å². The lowest BCUT2D eigenvalue weighted by Crippen LogP contribution is -2.57. The normalized spacial score (nSPS) is 20.8. The van der Waals surface area contributed by atoms with E-state index in [2.05, 4.69) is 25.8 Å². The minimum Gasteiger partial charge on any atom is -0.380 e. The van der Waals surface area contributed by atoms with Gasteiger partial charge in [-0.05, 0) is 44.5 Å². The van der Waals surface area contributed by atoms with Gasteiger partial charge in [0.15, 0.2) is 5.01 Å². The highest BCUT2D eigenvalue weighted by atomic mass is 35.5. The molecule has 1 aromatic heterocycles. The van der Waals surface area contributed by atoms with E-state index >= 15 is 0 Å². The molecule has 40 heavy (non-hydrogen) atoms. The fourth-order valence-corrected chi connectivity index (χ4v) is 6.40. The van der Waals surface area contributed by atoms with Crippen molar-refractivity contribution in [1.82, 2.24) is 25.4 Å². The summed E-state index contributed by atoms with van der Waals surface area (Å²) in [5.74, 6) is -2.39. The molecule has 0 bridgehead atoms. The van der Waals surface area contributed by atoms with E-state index in [1.165, 1.54) is 23.3 Å². The second kappa shape index (κ2) is 13.1. The Labute approximate surface area is 242 Å². The topological polar surface area (TPSA) is 133 Å². The number of ether oxygens (including phenoxy) is 1. The standard InChI is InChI=1S/C27H35ClN6O5S/c1-33(2)27(38)15-5-7-19(30-24(36)23(35)29-18-8-6-17(28)11-16(18)14-39-4)21(12-15)31-25(37)26-32-20-9-10-34(3)13-22(20)40-26/h6,8,11,15,19,21H,5,7,9-10,12-14H2,1-4H3,(H,29,35)(H,30,36)(H,31,37)/t15-,19-,21+/m0/s1. The molecule has 11 nitrogen and oxygen atoms in total. The maximum absolute atomic E-state index is 13.3. The second-order valence-corrected chi connectivity index (χ2v) is 12.0. The van der Waals surface area contributed by atoms with Crippen molar-refractivity contribution in [1.29, 1.82) is 0 Å². The molecule has 1 fully saturated rings. The fraction of sp³-hybridized carbons (Fsp3) is 0.519. The lowest BCUT2D eigenvalue weighted by atomic mass is 9.81. The molecule has 1 saturated carbocycles. The van der Waals surface area contributed by atoms with Crippen LogP contribution < -0.4 is 16.0 Å². The zero-order chi connectivity index (χ0) is 29.0. The molecule has 4 amide bonds. The molecule has 0 spiro atoms. The number of anilines is 1. The van der Waals surface area contributed by atoms with Gasteiger partial charge in [-0.25, -0.2) is 4.98 Å². The predicted octanol–water partition coefficient (Wildman–Crippen LogP) is 2.04. The molecule has 216 valence electrons. The van der Waals surface area contributed by atoms with Crippen molar-refractivity contribution in [3.8, 4) is 0 Å². The molecular formula is C27H35ClN6O5S. The number of methoxy groups -OCH3 is 1. The fourth-order valence-electron chi connectivity index (χ4n) is 5.11. The number of carbonyl (C=O) groups is 4. The first kappa shape index (κ1) is 29.9. The number of aromatic nitrogens is 1. The SMILES string of the molecule is COCc1cc(Cl)ccc1NC(=O)C(=O)N[C@H]1CC[C@H](C(=O)N(C)C)C[C@H]1NC(=O)c1nc2c(s1)CN(C)CC2. The Balaban J connectivity index is 1.47. The van der Waals surface area contributed by atoms with Crippen molar-refractivity contribution in [2.24, 2.45) is 5.92 Å². The van der Waals surface area contributed by atoms with Crippen molar-refractivity contribution in [3.63, 3.8) is 0 Å². The molecule has 3 atom stereocenters. The number of hydrogen-bond donors (Lipinski definition) is 3. The van der Waals surface area contributed by atoms with Crippen molar-refractivity contribution >= 4 is 52.3 Å². The van der Waals surface area contributed by atoms with Crippen LogP contribution in [0, 0.1) is 5.92 Å². The van der Waals surface area contributed by atoms with Gasteiger partial charge in [0.1, 0.15) is 0 Å². The number of amides is 4. The third kappa shape index (κ3) is 7.17. The first-order valence-electron chi connectivity index (χ1n) is 13.1. The van der Waals surface area contributed by atoms with Crippen molar-refractivity contribution in [3.05, 3.63) is 44.4 Å². The van der Waals surface area contributed by atoms with Crippen LogP contribution in [0.3, 0.4) is 0 Å². The zero-order valence-corrected chi connectivity index (χ0v) is 24.7. The van der Waals surface area contributed by atoms with Crippen LogP contribution >= 0.6 is 22.9 Å². The molecule has 2 aliphatic rings. The summed E-state index contributed by atoms with van der Waals surface area (Å²) in [6.45, 7) is 1.83. The highest BCUT2D eigenvalue weighted by Gasteiger charge is 2.37. The van der Waals surface area contributed by atoms with Crippen LogP contribution in [0.15, 0.2) is 18.2 Å². The van der Waals surface area contributed by atoms with Crippen LogP contribution in [0.25, 0.3) is 0 Å². The van der Waals surface area contributed by atoms with E-state index < -0.39 is 23.9 Å². The summed E-state index contributed by atoms with van der Waals surface area (Å²) in [5, 5.41) is 9.24. The molecule has 3 N–H and O–H groups in total. The van der Waals surface area contributed by atoms with Crippen molar-refractivity contribution < 1.29 is 23.9 Å². The third-order valence-corrected chi connectivity index (χ3v) is 8.53. The number of nitrogens with zero attached hydrogens (tertiary/aromatic N) is 3. The van der Waals surface area contributed by atoms with Crippen LogP contribution in [-0.4, -0.2) is 85.3 Å². The van der Waals surface area contributed by atoms with E-state index in [9.17, 15) is 19.2 Å². The van der Waals surface area contributed by atoms with Gasteiger partial charge in [-0.1, -0.05) is 11.6 Å². The number of nitrogens with one attached hydrogen (secondary N) is 3. The Morgan fingerprint density at radius 3 is 2.65 bits per heavy atom. The number of rotatable bonds is 7. The quantitative estimate of drug-likeness (QED) is 0.420. The number of likely N-dealkylation sites (N-methyl/N-ethyl adjacent to an activating group) is 1. The van der Waals surface area contributed by atoms with Gasteiger partial charge in [0.2, 0.25) is 5.91 Å². The molecule has 4 rings (SSSR count). The van der Waals surface area contributed by atoms with Gasteiger partial charge in [0.25, 0.3) is 5.91 Å². The maximum Gasteiger partial charge on any atom is 0.313 e. The summed E-state index contributed by atoms with van der Waals surface area (Å²) >= 11 is 7.42.